The van der Waals surface area contributed by atoms with Crippen molar-refractivity contribution < 1.29 is 9.90 Å². The second kappa shape index (κ2) is 6.92. The van der Waals surface area contributed by atoms with Gasteiger partial charge >= 0.3 is 0 Å². The first-order valence-corrected chi connectivity index (χ1v) is 8.81. The number of hydrogen-bond acceptors (Lipinski definition) is 5. The average Bonchev–Trinajstić information content (AvgIpc) is 3.12. The van der Waals surface area contributed by atoms with E-state index < -0.39 is 5.60 Å². The molecule has 134 valence electrons. The monoisotopic (exact) mass is 343 g/mol. The molecule has 1 aliphatic heterocycles. The Bertz CT molecular complexity index is 757. The van der Waals surface area contributed by atoms with Crippen LogP contribution in [0.5, 0.6) is 0 Å². The average molecular weight is 343 g/mol. The Morgan fingerprint density at radius 3 is 2.92 bits per heavy atom. The molecular formula is C18H25N5O2. The second-order valence-corrected chi connectivity index (χ2v) is 6.93. The summed E-state index contributed by atoms with van der Waals surface area (Å²) in [4.78, 5) is 18.8. The zero-order chi connectivity index (χ0) is 18.0. The summed E-state index contributed by atoms with van der Waals surface area (Å²) in [6.07, 6.45) is 7.19. The Balaban J connectivity index is 1.83. The van der Waals surface area contributed by atoms with E-state index in [-0.39, 0.29) is 18.5 Å². The zero-order valence-electron chi connectivity index (χ0n) is 15.0. The molecule has 2 aromatic rings. The summed E-state index contributed by atoms with van der Waals surface area (Å²) >= 11 is 0. The molecule has 1 atom stereocenters. The van der Waals surface area contributed by atoms with Crippen molar-refractivity contribution in [2.75, 3.05) is 13.1 Å². The van der Waals surface area contributed by atoms with Crippen LogP contribution in [0, 0.1) is 0 Å². The maximum Gasteiger partial charge on any atom is 0.254 e. The summed E-state index contributed by atoms with van der Waals surface area (Å²) in [6, 6.07) is 1.93. The van der Waals surface area contributed by atoms with Crippen LogP contribution in [0.15, 0.2) is 24.7 Å². The molecule has 1 fully saturated rings. The minimum Gasteiger partial charge on any atom is -0.382 e. The fourth-order valence-corrected chi connectivity index (χ4v) is 3.25. The molecule has 25 heavy (non-hydrogen) atoms. The van der Waals surface area contributed by atoms with Crippen LogP contribution in [0.3, 0.4) is 0 Å². The molecule has 2 aromatic heterocycles. The molecule has 1 saturated heterocycles. The summed E-state index contributed by atoms with van der Waals surface area (Å²) in [5.41, 5.74) is 0.963. The Labute approximate surface area is 147 Å². The van der Waals surface area contributed by atoms with E-state index in [1.54, 1.807) is 34.2 Å². The van der Waals surface area contributed by atoms with Gasteiger partial charge in [-0.15, -0.1) is 5.10 Å². The molecule has 0 saturated carbocycles. The lowest BCUT2D eigenvalue weighted by molar-refractivity contribution is -0.0321. The minimum absolute atomic E-state index is 0.0615. The fraction of sp³-hybridized carbons (Fsp3) is 0.556. The van der Waals surface area contributed by atoms with Crippen molar-refractivity contribution in [2.24, 2.45) is 0 Å². The van der Waals surface area contributed by atoms with Crippen molar-refractivity contribution in [2.45, 2.75) is 51.7 Å². The quantitative estimate of drug-likeness (QED) is 0.917. The molecular weight excluding hydrogens is 318 g/mol. The van der Waals surface area contributed by atoms with Crippen LogP contribution in [-0.4, -0.2) is 49.0 Å². The first kappa shape index (κ1) is 17.5. The van der Waals surface area contributed by atoms with E-state index in [1.165, 1.54) is 0 Å². The molecule has 0 unspecified atom stereocenters. The van der Waals surface area contributed by atoms with E-state index in [4.69, 9.17) is 0 Å². The number of nitrogens with zero attached hydrogens (tertiary/aromatic N) is 5. The van der Waals surface area contributed by atoms with Gasteiger partial charge < -0.3 is 10.0 Å². The summed E-state index contributed by atoms with van der Waals surface area (Å²) in [7, 11) is 0. The molecule has 0 radical (unpaired) electrons. The highest BCUT2D eigenvalue weighted by atomic mass is 16.3. The van der Waals surface area contributed by atoms with E-state index in [9.17, 15) is 9.90 Å². The van der Waals surface area contributed by atoms with E-state index in [2.05, 4.69) is 15.3 Å². The molecule has 0 spiro atoms. The lowest BCUT2D eigenvalue weighted by Gasteiger charge is -2.38. The van der Waals surface area contributed by atoms with Crippen LogP contribution >= 0.6 is 0 Å². The van der Waals surface area contributed by atoms with E-state index >= 15 is 0 Å². The van der Waals surface area contributed by atoms with Gasteiger partial charge in [0.25, 0.3) is 5.91 Å². The third kappa shape index (κ3) is 3.42. The van der Waals surface area contributed by atoms with Crippen molar-refractivity contribution in [3.63, 3.8) is 0 Å². The summed E-state index contributed by atoms with van der Waals surface area (Å²) in [5.74, 6) is -0.0615. The van der Waals surface area contributed by atoms with Gasteiger partial charge in [0.1, 0.15) is 11.3 Å². The summed E-state index contributed by atoms with van der Waals surface area (Å²) in [6.45, 7) is 6.88. The molecule has 7 nitrogen and oxygen atoms in total. The van der Waals surface area contributed by atoms with Crippen molar-refractivity contribution >= 4 is 5.91 Å². The lowest BCUT2D eigenvalue weighted by Crippen LogP contribution is -2.49. The number of pyridine rings is 1. The topological polar surface area (TPSA) is 84.1 Å². The summed E-state index contributed by atoms with van der Waals surface area (Å²) in [5, 5.41) is 19.3. The number of aromatic nitrogens is 4. The van der Waals surface area contributed by atoms with Crippen molar-refractivity contribution in [3.05, 3.63) is 41.5 Å². The third-order valence-corrected chi connectivity index (χ3v) is 4.79. The highest BCUT2D eigenvalue weighted by Crippen LogP contribution is 2.31. The molecule has 1 N–H and O–H groups in total. The van der Waals surface area contributed by atoms with E-state index in [1.807, 2.05) is 20.8 Å². The number of hydrogen-bond donors (Lipinski definition) is 1. The Morgan fingerprint density at radius 1 is 1.44 bits per heavy atom. The van der Waals surface area contributed by atoms with Gasteiger partial charge in [0, 0.05) is 30.5 Å². The molecule has 0 bridgehead atoms. The van der Waals surface area contributed by atoms with Crippen molar-refractivity contribution in [3.8, 4) is 0 Å². The number of likely N-dealkylation sites (tertiary alicyclic amines) is 1. The van der Waals surface area contributed by atoms with Crippen LogP contribution in [0.1, 0.15) is 61.3 Å². The molecule has 7 heteroatoms. The van der Waals surface area contributed by atoms with Crippen LogP contribution < -0.4 is 0 Å². The second-order valence-electron chi connectivity index (χ2n) is 6.93. The van der Waals surface area contributed by atoms with Gasteiger partial charge in [0.15, 0.2) is 0 Å². The van der Waals surface area contributed by atoms with Gasteiger partial charge in [-0.25, -0.2) is 4.68 Å². The van der Waals surface area contributed by atoms with Gasteiger partial charge in [0.05, 0.1) is 12.7 Å². The van der Waals surface area contributed by atoms with E-state index in [0.717, 1.165) is 18.4 Å². The number of carbonyl (C=O) groups excluding carboxylic acids is 1. The first-order chi connectivity index (χ1) is 11.9. The molecule has 3 rings (SSSR count). The maximum absolute atomic E-state index is 13.0. The van der Waals surface area contributed by atoms with E-state index in [0.29, 0.717) is 24.2 Å². The molecule has 0 aliphatic carbocycles. The highest BCUT2D eigenvalue weighted by Gasteiger charge is 2.39. The Kier molecular flexibility index (Phi) is 4.85. The Morgan fingerprint density at radius 2 is 2.24 bits per heavy atom. The van der Waals surface area contributed by atoms with Crippen molar-refractivity contribution in [1.82, 2.24) is 24.9 Å². The van der Waals surface area contributed by atoms with Crippen molar-refractivity contribution in [1.29, 1.82) is 0 Å². The van der Waals surface area contributed by atoms with Crippen LogP contribution in [0.4, 0.5) is 0 Å². The molecule has 0 aromatic carbocycles. The number of carbonyl (C=O) groups is 1. The van der Waals surface area contributed by atoms with Gasteiger partial charge in [-0.1, -0.05) is 12.1 Å². The number of amides is 1. The number of aliphatic hydroxyl groups is 1. The van der Waals surface area contributed by atoms with Crippen LogP contribution in [-0.2, 0) is 12.0 Å². The number of piperidine rings is 1. The first-order valence-electron chi connectivity index (χ1n) is 8.81. The van der Waals surface area contributed by atoms with Gasteiger partial charge in [-0.3, -0.25) is 9.78 Å². The smallest absolute Gasteiger partial charge is 0.254 e. The minimum atomic E-state index is -1.15. The molecule has 3 heterocycles. The molecule has 1 aliphatic rings. The third-order valence-electron chi connectivity index (χ3n) is 4.79. The predicted octanol–water partition coefficient (Wildman–Crippen LogP) is 1.94. The SMILES string of the molecule is CCc1cnccc1C(=O)N1CCC[C@](O)(c2cn(C(C)C)nn2)C1. The van der Waals surface area contributed by atoms with Gasteiger partial charge in [-0.2, -0.15) is 0 Å². The van der Waals surface area contributed by atoms with Gasteiger partial charge in [0.2, 0.25) is 0 Å². The highest BCUT2D eigenvalue weighted by molar-refractivity contribution is 5.95. The van der Waals surface area contributed by atoms with Gasteiger partial charge in [-0.05, 0) is 44.7 Å². The lowest BCUT2D eigenvalue weighted by atomic mass is 9.89. The fourth-order valence-electron chi connectivity index (χ4n) is 3.25. The number of β-amino-alcohol motifs (C(OH)–C–C–N with tert-alkyl or cyclic N) is 1. The number of aryl methyl sites for hydroxylation is 1. The summed E-state index contributed by atoms with van der Waals surface area (Å²) < 4.78 is 1.73. The van der Waals surface area contributed by atoms with Crippen LogP contribution in [0.2, 0.25) is 0 Å². The normalized spacial score (nSPS) is 20.9. The standard InChI is InChI=1S/C18H25N5O2/c1-4-14-10-19-8-6-15(14)17(24)22-9-5-7-18(25,12-22)16-11-23(13(2)3)21-20-16/h6,8,10-11,13,25H,4-5,7,9,12H2,1-3H3/t18-/m1/s1. The number of rotatable bonds is 4. The van der Waals surface area contributed by atoms with Crippen LogP contribution in [0.25, 0.3) is 0 Å². The molecule has 1 amide bonds. The maximum atomic E-state index is 13.0. The Hall–Kier alpha value is -2.28. The largest absolute Gasteiger partial charge is 0.382 e. The predicted molar refractivity (Wildman–Crippen MR) is 93.1 cm³/mol. The zero-order valence-corrected chi connectivity index (χ0v) is 15.0.